The van der Waals surface area contributed by atoms with Gasteiger partial charge in [-0.1, -0.05) is 26.0 Å². The van der Waals surface area contributed by atoms with E-state index in [4.69, 9.17) is 0 Å². The molecule has 0 saturated carbocycles. The highest BCUT2D eigenvalue weighted by atomic mass is 32.1. The number of fused-ring (bicyclic) bond motifs is 3. The van der Waals surface area contributed by atoms with Crippen LogP contribution in [0.1, 0.15) is 37.6 Å². The zero-order valence-electron chi connectivity index (χ0n) is 18.0. The smallest absolute Gasteiger partial charge is 0.324 e. The topological polar surface area (TPSA) is 107 Å². The van der Waals surface area contributed by atoms with E-state index in [0.29, 0.717) is 33.9 Å². The molecule has 0 aliphatic heterocycles. The Hall–Kier alpha value is -3.53. The molecule has 32 heavy (non-hydrogen) atoms. The molecule has 0 aliphatic rings. The lowest BCUT2D eigenvalue weighted by Crippen LogP contribution is -2.29. The standard InChI is InChI=1S/C22H23N5O4S/c1-13(2)7-9-25-20(30)19-17(8-10-32-19)27-21(25)24-26(22(27)31)12-18(29)23-16-6-4-5-15(11-16)14(3)28/h4-6,8,10-11,13H,7,9,12H2,1-3H3,(H,23,29). The van der Waals surface area contributed by atoms with E-state index in [1.807, 2.05) is 0 Å². The minimum absolute atomic E-state index is 0.114. The van der Waals surface area contributed by atoms with Gasteiger partial charge < -0.3 is 5.32 Å². The summed E-state index contributed by atoms with van der Waals surface area (Å²) < 4.78 is 4.43. The van der Waals surface area contributed by atoms with Crippen LogP contribution in [0.3, 0.4) is 0 Å². The molecule has 166 valence electrons. The van der Waals surface area contributed by atoms with Gasteiger partial charge in [-0.3, -0.25) is 19.0 Å². The third kappa shape index (κ3) is 4.01. The number of anilines is 1. The Bertz CT molecular complexity index is 1460. The van der Waals surface area contributed by atoms with Crippen LogP contribution in [0.5, 0.6) is 0 Å². The summed E-state index contributed by atoms with van der Waals surface area (Å²) >= 11 is 1.28. The minimum atomic E-state index is -0.491. The van der Waals surface area contributed by atoms with Gasteiger partial charge in [-0.15, -0.1) is 16.4 Å². The summed E-state index contributed by atoms with van der Waals surface area (Å²) in [6.45, 7) is 5.66. The Morgan fingerprint density at radius 3 is 2.69 bits per heavy atom. The van der Waals surface area contributed by atoms with E-state index in [1.165, 1.54) is 27.2 Å². The lowest BCUT2D eigenvalue weighted by Gasteiger charge is -2.09. The first-order valence-electron chi connectivity index (χ1n) is 10.3. The summed E-state index contributed by atoms with van der Waals surface area (Å²) in [6.07, 6.45) is 0.750. The number of hydrogen-bond acceptors (Lipinski definition) is 6. The lowest BCUT2D eigenvalue weighted by molar-refractivity contribution is -0.117. The third-order valence-electron chi connectivity index (χ3n) is 5.16. The van der Waals surface area contributed by atoms with E-state index < -0.39 is 11.6 Å². The zero-order valence-corrected chi connectivity index (χ0v) is 18.8. The van der Waals surface area contributed by atoms with E-state index >= 15 is 0 Å². The Balaban J connectivity index is 1.71. The van der Waals surface area contributed by atoms with Crippen molar-refractivity contribution >= 4 is 44.7 Å². The van der Waals surface area contributed by atoms with Gasteiger partial charge in [0.2, 0.25) is 11.7 Å². The number of benzene rings is 1. The molecular formula is C22H23N5O4S. The molecule has 0 radical (unpaired) electrons. The predicted octanol–water partition coefficient (Wildman–Crippen LogP) is 2.76. The van der Waals surface area contributed by atoms with Crippen LogP contribution in [0, 0.1) is 5.92 Å². The number of rotatable bonds is 7. The summed E-state index contributed by atoms with van der Waals surface area (Å²) in [7, 11) is 0. The van der Waals surface area contributed by atoms with Crippen molar-refractivity contribution in [2.45, 2.75) is 40.3 Å². The van der Waals surface area contributed by atoms with E-state index in [9.17, 15) is 19.2 Å². The second kappa shape index (κ2) is 8.54. The summed E-state index contributed by atoms with van der Waals surface area (Å²) in [5, 5.41) is 8.78. The molecule has 1 N–H and O–H groups in total. The minimum Gasteiger partial charge on any atom is -0.324 e. The van der Waals surface area contributed by atoms with Crippen LogP contribution in [0.25, 0.3) is 16.0 Å². The zero-order chi connectivity index (χ0) is 23.0. The van der Waals surface area contributed by atoms with Gasteiger partial charge in [0.25, 0.3) is 5.56 Å². The Kier molecular flexibility index (Phi) is 5.79. The maximum absolute atomic E-state index is 13.1. The Morgan fingerprint density at radius 2 is 1.97 bits per heavy atom. The fourth-order valence-electron chi connectivity index (χ4n) is 3.48. The van der Waals surface area contributed by atoms with Gasteiger partial charge in [-0.2, -0.15) is 0 Å². The van der Waals surface area contributed by atoms with Crippen LogP contribution >= 0.6 is 11.3 Å². The number of nitrogens with zero attached hydrogens (tertiary/aromatic N) is 4. The molecule has 0 spiro atoms. The first-order valence-corrected chi connectivity index (χ1v) is 11.1. The van der Waals surface area contributed by atoms with Crippen LogP contribution in [0.2, 0.25) is 0 Å². The van der Waals surface area contributed by atoms with Gasteiger partial charge >= 0.3 is 5.69 Å². The second-order valence-corrected chi connectivity index (χ2v) is 8.95. The number of hydrogen-bond donors (Lipinski definition) is 1. The molecule has 0 saturated heterocycles. The molecule has 1 amide bonds. The van der Waals surface area contributed by atoms with Crippen molar-refractivity contribution in [3.05, 3.63) is 62.1 Å². The predicted molar refractivity (Wildman–Crippen MR) is 124 cm³/mol. The average Bonchev–Trinajstić information content (AvgIpc) is 3.33. The van der Waals surface area contributed by atoms with Gasteiger partial charge in [0.05, 0.1) is 5.52 Å². The number of nitrogens with one attached hydrogen (secondary N) is 1. The highest BCUT2D eigenvalue weighted by molar-refractivity contribution is 7.17. The highest BCUT2D eigenvalue weighted by Crippen LogP contribution is 2.18. The lowest BCUT2D eigenvalue weighted by atomic mass is 10.1. The second-order valence-electron chi connectivity index (χ2n) is 8.04. The highest BCUT2D eigenvalue weighted by Gasteiger charge is 2.19. The van der Waals surface area contributed by atoms with Gasteiger partial charge in [0.15, 0.2) is 5.78 Å². The van der Waals surface area contributed by atoms with E-state index in [-0.39, 0.29) is 23.7 Å². The molecule has 0 bridgehead atoms. The van der Waals surface area contributed by atoms with Crippen LogP contribution in [0.4, 0.5) is 5.69 Å². The number of thiophene rings is 1. The van der Waals surface area contributed by atoms with Crippen LogP contribution in [-0.2, 0) is 17.9 Å². The Labute approximate surface area is 186 Å². The summed E-state index contributed by atoms with van der Waals surface area (Å²) in [4.78, 5) is 50.3. The van der Waals surface area contributed by atoms with Crippen molar-refractivity contribution in [2.75, 3.05) is 5.32 Å². The summed E-state index contributed by atoms with van der Waals surface area (Å²) in [6, 6.07) is 8.28. The molecule has 9 nitrogen and oxygen atoms in total. The van der Waals surface area contributed by atoms with Gasteiger partial charge in [-0.05, 0) is 42.8 Å². The maximum Gasteiger partial charge on any atom is 0.352 e. The average molecular weight is 454 g/mol. The van der Waals surface area contributed by atoms with Crippen LogP contribution in [-0.4, -0.2) is 30.4 Å². The normalized spacial score (nSPS) is 11.5. The van der Waals surface area contributed by atoms with Gasteiger partial charge in [0.1, 0.15) is 11.2 Å². The first-order chi connectivity index (χ1) is 15.3. The monoisotopic (exact) mass is 453 g/mol. The molecular weight excluding hydrogens is 430 g/mol. The number of carbonyl (C=O) groups is 2. The largest absolute Gasteiger partial charge is 0.352 e. The van der Waals surface area contributed by atoms with Crippen molar-refractivity contribution < 1.29 is 9.59 Å². The van der Waals surface area contributed by atoms with Crippen molar-refractivity contribution in [1.82, 2.24) is 18.7 Å². The number of Topliss-reactive ketones (excluding diaryl/α,β-unsaturated/α-hetero) is 1. The fourth-order valence-corrected chi connectivity index (χ4v) is 4.30. The molecule has 4 rings (SSSR count). The molecule has 3 heterocycles. The van der Waals surface area contributed by atoms with Gasteiger partial charge in [0, 0.05) is 17.8 Å². The number of carbonyl (C=O) groups excluding carboxylic acids is 2. The Morgan fingerprint density at radius 1 is 1.19 bits per heavy atom. The van der Waals surface area contributed by atoms with Crippen molar-refractivity contribution in [3.8, 4) is 0 Å². The molecule has 10 heteroatoms. The van der Waals surface area contributed by atoms with E-state index in [2.05, 4.69) is 24.3 Å². The summed E-state index contributed by atoms with van der Waals surface area (Å²) in [5.74, 6) is 0.00919. The maximum atomic E-state index is 13.1. The number of ketones is 1. The molecule has 1 aromatic carbocycles. The molecule has 4 aromatic rings. The van der Waals surface area contributed by atoms with E-state index in [1.54, 1.807) is 35.7 Å². The van der Waals surface area contributed by atoms with Gasteiger partial charge in [-0.25, -0.2) is 13.9 Å². The number of amides is 1. The fraction of sp³-hybridized carbons (Fsp3) is 0.318. The van der Waals surface area contributed by atoms with Crippen molar-refractivity contribution in [1.29, 1.82) is 0 Å². The van der Waals surface area contributed by atoms with Crippen molar-refractivity contribution in [2.24, 2.45) is 5.92 Å². The number of aromatic nitrogens is 4. The van der Waals surface area contributed by atoms with Crippen LogP contribution in [0.15, 0.2) is 45.3 Å². The number of aryl methyl sites for hydroxylation is 1. The first kappa shape index (κ1) is 21.7. The molecule has 0 unspecified atom stereocenters. The molecule has 0 fully saturated rings. The van der Waals surface area contributed by atoms with Crippen LogP contribution < -0.4 is 16.6 Å². The molecule has 0 atom stereocenters. The SMILES string of the molecule is CC(=O)c1cccc(NC(=O)Cn2nc3n(CCC(C)C)c(=O)c4sccc4n3c2=O)c1. The molecule has 3 aromatic heterocycles. The molecule has 0 aliphatic carbocycles. The third-order valence-corrected chi connectivity index (χ3v) is 6.06. The van der Waals surface area contributed by atoms with Crippen molar-refractivity contribution in [3.63, 3.8) is 0 Å². The summed E-state index contributed by atoms with van der Waals surface area (Å²) in [5.41, 5.74) is 0.733. The van der Waals surface area contributed by atoms with E-state index in [0.717, 1.165) is 11.1 Å². The quantitative estimate of drug-likeness (QED) is 0.433.